The Balaban J connectivity index is 2.95. The second-order valence-electron chi connectivity index (χ2n) is 2.04. The van der Waals surface area contributed by atoms with Gasteiger partial charge in [0, 0.05) is 12.3 Å². The molecule has 0 spiro atoms. The van der Waals surface area contributed by atoms with Crippen LogP contribution in [0.2, 0.25) is 0 Å². The lowest BCUT2D eigenvalue weighted by Crippen LogP contribution is -1.96. The Morgan fingerprint density at radius 2 is 2.30 bits per heavy atom. The summed E-state index contributed by atoms with van der Waals surface area (Å²) < 4.78 is 1.62. The van der Waals surface area contributed by atoms with E-state index in [1.807, 2.05) is 0 Å². The molecule has 2 aromatic heterocycles. The van der Waals surface area contributed by atoms with Gasteiger partial charge in [0.25, 0.3) is 0 Å². The highest BCUT2D eigenvalue weighted by atomic mass is 15.3. The molecule has 0 saturated heterocycles. The van der Waals surface area contributed by atoms with E-state index >= 15 is 0 Å². The predicted octanol–water partition coefficient (Wildman–Crippen LogP) is -0.173. The molecule has 2 aromatic rings. The highest BCUT2D eigenvalue weighted by Crippen LogP contribution is 2.14. The van der Waals surface area contributed by atoms with Crippen molar-refractivity contribution in [1.29, 1.82) is 0 Å². The number of imidazole rings is 1. The number of hydrogen-bond acceptors (Lipinski definition) is 3. The van der Waals surface area contributed by atoms with Crippen LogP contribution >= 0.6 is 0 Å². The van der Waals surface area contributed by atoms with Crippen molar-refractivity contribution >= 4 is 17.3 Å². The van der Waals surface area contributed by atoms with E-state index in [2.05, 4.69) is 10.1 Å². The number of aromatic amines is 1. The number of anilines is 2. The van der Waals surface area contributed by atoms with E-state index in [0.717, 1.165) is 5.65 Å². The maximum Gasteiger partial charge on any atom is 0.168 e. The molecule has 5 nitrogen and oxygen atoms in total. The van der Waals surface area contributed by atoms with E-state index < -0.39 is 0 Å². The summed E-state index contributed by atoms with van der Waals surface area (Å²) in [4.78, 5) is 3.96. The van der Waals surface area contributed by atoms with Gasteiger partial charge in [-0.2, -0.15) is 0 Å². The summed E-state index contributed by atoms with van der Waals surface area (Å²) in [6.07, 6.45) is 1.75. The molecule has 2 rings (SSSR count). The number of rotatable bonds is 0. The topological polar surface area (TPSA) is 85.1 Å². The van der Waals surface area contributed by atoms with Crippen molar-refractivity contribution in [2.75, 3.05) is 11.5 Å². The largest absolute Gasteiger partial charge is 0.381 e. The highest BCUT2D eigenvalue weighted by Gasteiger charge is 2.03. The molecule has 0 amide bonds. The van der Waals surface area contributed by atoms with Gasteiger partial charge >= 0.3 is 0 Å². The van der Waals surface area contributed by atoms with Crippen molar-refractivity contribution in [3.05, 3.63) is 12.3 Å². The molecule has 0 aliphatic carbocycles. The zero-order valence-corrected chi connectivity index (χ0v) is 5.20. The summed E-state index contributed by atoms with van der Waals surface area (Å²) in [6.45, 7) is 0. The fourth-order valence-corrected chi connectivity index (χ4v) is 0.902. The van der Waals surface area contributed by atoms with Gasteiger partial charge in [0.2, 0.25) is 0 Å². The molecule has 5 heteroatoms. The standard InChI is InChI=1S/C5H7N5/c6-4-5(7)10-3(9-4)1-2-8-10/h1-2,8H,6-7H2. The molecule has 0 aliphatic heterocycles. The third-order valence-corrected chi connectivity index (χ3v) is 1.40. The summed E-state index contributed by atoms with van der Waals surface area (Å²) >= 11 is 0. The van der Waals surface area contributed by atoms with Crippen LogP contribution in [0.3, 0.4) is 0 Å². The zero-order valence-electron chi connectivity index (χ0n) is 5.20. The van der Waals surface area contributed by atoms with E-state index in [4.69, 9.17) is 11.5 Å². The molecule has 0 fully saturated rings. The van der Waals surface area contributed by atoms with Crippen LogP contribution in [0.1, 0.15) is 0 Å². The molecular weight excluding hydrogens is 130 g/mol. The van der Waals surface area contributed by atoms with Gasteiger partial charge in [-0.1, -0.05) is 0 Å². The van der Waals surface area contributed by atoms with Gasteiger partial charge < -0.3 is 11.5 Å². The van der Waals surface area contributed by atoms with Crippen LogP contribution in [-0.2, 0) is 0 Å². The predicted molar refractivity (Wildman–Crippen MR) is 38.4 cm³/mol. The Bertz CT molecular complexity index is 357. The maximum absolute atomic E-state index is 5.53. The van der Waals surface area contributed by atoms with Crippen LogP contribution in [0.5, 0.6) is 0 Å². The quantitative estimate of drug-likeness (QED) is 0.471. The Morgan fingerprint density at radius 1 is 1.50 bits per heavy atom. The third-order valence-electron chi connectivity index (χ3n) is 1.40. The number of nitrogens with one attached hydrogen (secondary N) is 1. The summed E-state index contributed by atoms with van der Waals surface area (Å²) in [7, 11) is 0. The second-order valence-corrected chi connectivity index (χ2v) is 2.04. The Morgan fingerprint density at radius 3 is 3.00 bits per heavy atom. The molecule has 0 atom stereocenters. The summed E-state index contributed by atoms with van der Waals surface area (Å²) in [5, 5.41) is 2.86. The van der Waals surface area contributed by atoms with Gasteiger partial charge in [-0.05, 0) is 0 Å². The van der Waals surface area contributed by atoms with Gasteiger partial charge in [0.05, 0.1) is 0 Å². The summed E-state index contributed by atoms with van der Waals surface area (Å²) in [5.74, 6) is 0.826. The van der Waals surface area contributed by atoms with Crippen molar-refractivity contribution in [2.24, 2.45) is 0 Å². The fraction of sp³-hybridized carbons (Fsp3) is 0. The van der Waals surface area contributed by atoms with Crippen LogP contribution in [0.15, 0.2) is 12.3 Å². The molecule has 0 aromatic carbocycles. The van der Waals surface area contributed by atoms with E-state index in [1.54, 1.807) is 16.8 Å². The van der Waals surface area contributed by atoms with Crippen molar-refractivity contribution in [3.8, 4) is 0 Å². The van der Waals surface area contributed by atoms with Crippen molar-refractivity contribution in [2.45, 2.75) is 0 Å². The lowest BCUT2D eigenvalue weighted by Gasteiger charge is -1.87. The Labute approximate surface area is 56.6 Å². The molecule has 52 valence electrons. The summed E-state index contributed by atoms with van der Waals surface area (Å²) in [5.41, 5.74) is 11.7. The van der Waals surface area contributed by atoms with Gasteiger partial charge in [0.15, 0.2) is 17.3 Å². The average molecular weight is 137 g/mol. The summed E-state index contributed by atoms with van der Waals surface area (Å²) in [6, 6.07) is 1.80. The normalized spacial score (nSPS) is 10.8. The van der Waals surface area contributed by atoms with Gasteiger partial charge in [-0.3, -0.25) is 5.10 Å². The fourth-order valence-electron chi connectivity index (χ4n) is 0.902. The highest BCUT2D eigenvalue weighted by molar-refractivity contribution is 5.62. The molecule has 0 radical (unpaired) electrons. The Hall–Kier alpha value is -1.65. The number of hydrogen-bond donors (Lipinski definition) is 3. The number of fused-ring (bicyclic) bond motifs is 1. The smallest absolute Gasteiger partial charge is 0.168 e. The molecule has 10 heavy (non-hydrogen) atoms. The SMILES string of the molecule is Nc1nc2cc[nH]n2c1N. The number of nitrogen functional groups attached to an aromatic ring is 2. The number of nitrogens with two attached hydrogens (primary N) is 2. The van der Waals surface area contributed by atoms with Crippen LogP contribution in [0.25, 0.3) is 5.65 Å². The van der Waals surface area contributed by atoms with Crippen LogP contribution in [0.4, 0.5) is 11.6 Å². The molecule has 5 N–H and O–H groups in total. The number of aromatic nitrogens is 3. The van der Waals surface area contributed by atoms with E-state index in [1.165, 1.54) is 0 Å². The molecular formula is C5H7N5. The van der Waals surface area contributed by atoms with E-state index in [0.29, 0.717) is 11.6 Å². The molecule has 2 heterocycles. The lowest BCUT2D eigenvalue weighted by molar-refractivity contribution is 0.985. The molecule has 0 aliphatic rings. The lowest BCUT2D eigenvalue weighted by atomic mass is 10.7. The molecule has 0 bridgehead atoms. The monoisotopic (exact) mass is 137 g/mol. The van der Waals surface area contributed by atoms with Gasteiger partial charge in [-0.15, -0.1) is 0 Å². The first-order valence-electron chi connectivity index (χ1n) is 2.86. The maximum atomic E-state index is 5.53. The van der Waals surface area contributed by atoms with Crippen LogP contribution < -0.4 is 11.5 Å². The first-order chi connectivity index (χ1) is 4.79. The van der Waals surface area contributed by atoms with Gasteiger partial charge in [0.1, 0.15) is 0 Å². The van der Waals surface area contributed by atoms with Crippen molar-refractivity contribution < 1.29 is 0 Å². The first-order valence-corrected chi connectivity index (χ1v) is 2.86. The zero-order chi connectivity index (χ0) is 7.14. The average Bonchev–Trinajstić information content (AvgIpc) is 2.41. The molecule has 0 saturated carbocycles. The van der Waals surface area contributed by atoms with Crippen molar-refractivity contribution in [1.82, 2.24) is 14.6 Å². The van der Waals surface area contributed by atoms with E-state index in [9.17, 15) is 0 Å². The van der Waals surface area contributed by atoms with Crippen LogP contribution in [-0.4, -0.2) is 14.6 Å². The van der Waals surface area contributed by atoms with E-state index in [-0.39, 0.29) is 0 Å². The third kappa shape index (κ3) is 0.439. The number of H-pyrrole nitrogens is 1. The first kappa shape index (κ1) is 5.16. The van der Waals surface area contributed by atoms with Crippen molar-refractivity contribution in [3.63, 3.8) is 0 Å². The minimum absolute atomic E-state index is 0.367. The minimum Gasteiger partial charge on any atom is -0.381 e. The second kappa shape index (κ2) is 1.44. The Kier molecular flexibility index (Phi) is 0.743. The number of nitrogens with zero attached hydrogens (tertiary/aromatic N) is 2. The van der Waals surface area contributed by atoms with Gasteiger partial charge in [-0.25, -0.2) is 9.50 Å². The van der Waals surface area contributed by atoms with Crippen LogP contribution in [0, 0.1) is 0 Å². The minimum atomic E-state index is 0.367. The molecule has 0 unspecified atom stereocenters.